The second-order valence-corrected chi connectivity index (χ2v) is 7.28. The lowest BCUT2D eigenvalue weighted by atomic mass is 10.2. The minimum atomic E-state index is -0.542. The van der Waals surface area contributed by atoms with Crippen LogP contribution in [0.25, 0.3) is 0 Å². The van der Waals surface area contributed by atoms with Crippen molar-refractivity contribution in [3.8, 4) is 0 Å². The molecule has 6 nitrogen and oxygen atoms in total. The van der Waals surface area contributed by atoms with Gasteiger partial charge >= 0.3 is 0 Å². The number of anilines is 2. The Balaban J connectivity index is 1.35. The van der Waals surface area contributed by atoms with Crippen molar-refractivity contribution < 1.29 is 9.18 Å². The second-order valence-electron chi connectivity index (χ2n) is 7.28. The van der Waals surface area contributed by atoms with Gasteiger partial charge in [-0.15, -0.1) is 0 Å². The lowest BCUT2D eigenvalue weighted by Gasteiger charge is -2.22. The Morgan fingerprint density at radius 1 is 0.967 bits per heavy atom. The second kappa shape index (κ2) is 9.45. The molecule has 0 atom stereocenters. The average molecular weight is 405 g/mol. The minimum absolute atomic E-state index is 0.0158. The SMILES string of the molecule is O=C(Nc1ccc(N2CCCN(Cc3ccccn3)CC2)nc1)c1ccccc1F. The predicted octanol–water partition coefficient (Wildman–Crippen LogP) is 3.58. The maximum absolute atomic E-state index is 13.8. The van der Waals surface area contributed by atoms with Gasteiger partial charge in [-0.05, 0) is 42.8 Å². The smallest absolute Gasteiger partial charge is 0.258 e. The van der Waals surface area contributed by atoms with E-state index in [2.05, 4.69) is 31.2 Å². The molecular formula is C23H24FN5O. The first kappa shape index (κ1) is 20.0. The highest BCUT2D eigenvalue weighted by atomic mass is 19.1. The Labute approximate surface area is 175 Å². The van der Waals surface area contributed by atoms with Crippen molar-refractivity contribution in [1.82, 2.24) is 14.9 Å². The zero-order chi connectivity index (χ0) is 20.8. The van der Waals surface area contributed by atoms with E-state index in [0.29, 0.717) is 5.69 Å². The van der Waals surface area contributed by atoms with Crippen molar-refractivity contribution in [3.05, 3.63) is 84.1 Å². The molecule has 3 heterocycles. The molecule has 154 valence electrons. The van der Waals surface area contributed by atoms with Gasteiger partial charge in [-0.2, -0.15) is 0 Å². The average Bonchev–Trinajstić information content (AvgIpc) is 3.01. The summed E-state index contributed by atoms with van der Waals surface area (Å²) >= 11 is 0. The fourth-order valence-electron chi connectivity index (χ4n) is 3.57. The molecule has 1 amide bonds. The highest BCUT2D eigenvalue weighted by Gasteiger charge is 2.17. The van der Waals surface area contributed by atoms with Gasteiger partial charge in [0.15, 0.2) is 0 Å². The fraction of sp³-hybridized carbons (Fsp3) is 0.261. The molecule has 1 aliphatic rings. The molecule has 4 rings (SSSR count). The molecule has 2 aromatic heterocycles. The summed E-state index contributed by atoms with van der Waals surface area (Å²) in [5.74, 6) is -0.152. The van der Waals surface area contributed by atoms with Gasteiger partial charge in [0, 0.05) is 38.9 Å². The lowest BCUT2D eigenvalue weighted by Crippen LogP contribution is -2.31. The van der Waals surface area contributed by atoms with E-state index in [4.69, 9.17) is 0 Å². The summed E-state index contributed by atoms with van der Waals surface area (Å²) in [5.41, 5.74) is 1.64. The van der Waals surface area contributed by atoms with Crippen molar-refractivity contribution in [3.63, 3.8) is 0 Å². The van der Waals surface area contributed by atoms with E-state index in [1.165, 1.54) is 12.1 Å². The quantitative estimate of drug-likeness (QED) is 0.703. The van der Waals surface area contributed by atoms with Crippen LogP contribution in [0, 0.1) is 5.82 Å². The van der Waals surface area contributed by atoms with E-state index in [0.717, 1.165) is 50.7 Å². The predicted molar refractivity (Wildman–Crippen MR) is 115 cm³/mol. The van der Waals surface area contributed by atoms with E-state index in [1.807, 2.05) is 24.4 Å². The number of aromatic nitrogens is 2. The molecule has 1 saturated heterocycles. The summed E-state index contributed by atoms with van der Waals surface area (Å²) in [4.78, 5) is 25.8. The van der Waals surface area contributed by atoms with Crippen molar-refractivity contribution >= 4 is 17.4 Å². The summed E-state index contributed by atoms with van der Waals surface area (Å²) in [7, 11) is 0. The van der Waals surface area contributed by atoms with Gasteiger partial charge in [0.25, 0.3) is 5.91 Å². The lowest BCUT2D eigenvalue weighted by molar-refractivity contribution is 0.102. The number of amides is 1. The zero-order valence-corrected chi connectivity index (χ0v) is 16.7. The molecule has 0 spiro atoms. The highest BCUT2D eigenvalue weighted by molar-refractivity contribution is 6.04. The summed E-state index contributed by atoms with van der Waals surface area (Å²) in [5, 5.41) is 2.70. The molecule has 30 heavy (non-hydrogen) atoms. The molecule has 1 aliphatic heterocycles. The van der Waals surface area contributed by atoms with Crippen LogP contribution in [0.4, 0.5) is 15.9 Å². The van der Waals surface area contributed by atoms with Gasteiger partial charge in [0.2, 0.25) is 0 Å². The van der Waals surface area contributed by atoms with Crippen LogP contribution in [-0.2, 0) is 6.54 Å². The van der Waals surface area contributed by atoms with Gasteiger partial charge in [-0.1, -0.05) is 18.2 Å². The van der Waals surface area contributed by atoms with Crippen molar-refractivity contribution in [2.45, 2.75) is 13.0 Å². The van der Waals surface area contributed by atoms with Crippen LogP contribution in [0.2, 0.25) is 0 Å². The molecule has 1 aromatic carbocycles. The van der Waals surface area contributed by atoms with Crippen LogP contribution >= 0.6 is 0 Å². The monoisotopic (exact) mass is 405 g/mol. The van der Waals surface area contributed by atoms with Crippen LogP contribution in [0.3, 0.4) is 0 Å². The Hall–Kier alpha value is -3.32. The number of carbonyl (C=O) groups is 1. The van der Waals surface area contributed by atoms with E-state index < -0.39 is 11.7 Å². The van der Waals surface area contributed by atoms with E-state index in [-0.39, 0.29) is 5.56 Å². The van der Waals surface area contributed by atoms with Crippen LogP contribution in [0.15, 0.2) is 67.0 Å². The first-order valence-electron chi connectivity index (χ1n) is 10.1. The summed E-state index contributed by atoms with van der Waals surface area (Å²) in [6.07, 6.45) is 4.49. The molecule has 0 radical (unpaired) electrons. The van der Waals surface area contributed by atoms with Crippen LogP contribution in [-0.4, -0.2) is 47.0 Å². The number of nitrogens with zero attached hydrogens (tertiary/aromatic N) is 4. The number of rotatable bonds is 5. The van der Waals surface area contributed by atoms with Crippen molar-refractivity contribution in [1.29, 1.82) is 0 Å². The number of halogens is 1. The zero-order valence-electron chi connectivity index (χ0n) is 16.7. The number of nitrogens with one attached hydrogen (secondary N) is 1. The Morgan fingerprint density at radius 3 is 2.60 bits per heavy atom. The Bertz CT molecular complexity index is 980. The summed E-state index contributed by atoms with van der Waals surface area (Å²) < 4.78 is 13.8. The molecule has 0 aliphatic carbocycles. The van der Waals surface area contributed by atoms with E-state index in [9.17, 15) is 9.18 Å². The standard InChI is InChI=1S/C23H24FN5O/c24-21-8-2-1-7-20(21)23(30)27-18-9-10-22(26-16-18)29-13-5-12-28(14-15-29)17-19-6-3-4-11-25-19/h1-4,6-11,16H,5,12-15,17H2,(H,27,30). The molecule has 1 N–H and O–H groups in total. The third kappa shape index (κ3) is 4.99. The number of hydrogen-bond donors (Lipinski definition) is 1. The first-order chi connectivity index (χ1) is 14.7. The number of carbonyl (C=O) groups excluding carboxylic acids is 1. The summed E-state index contributed by atoms with van der Waals surface area (Å²) in [6.45, 7) is 4.60. The topological polar surface area (TPSA) is 61.4 Å². The van der Waals surface area contributed by atoms with Gasteiger partial charge in [-0.25, -0.2) is 9.37 Å². The molecule has 7 heteroatoms. The largest absolute Gasteiger partial charge is 0.355 e. The Morgan fingerprint density at radius 2 is 1.83 bits per heavy atom. The molecule has 3 aromatic rings. The third-order valence-electron chi connectivity index (χ3n) is 5.15. The van der Waals surface area contributed by atoms with E-state index in [1.54, 1.807) is 24.4 Å². The number of pyridine rings is 2. The number of hydrogen-bond acceptors (Lipinski definition) is 5. The van der Waals surface area contributed by atoms with Gasteiger partial charge in [0.05, 0.1) is 23.1 Å². The normalized spacial score (nSPS) is 14.9. The number of benzene rings is 1. The summed E-state index contributed by atoms with van der Waals surface area (Å²) in [6, 6.07) is 15.6. The molecule has 1 fully saturated rings. The van der Waals surface area contributed by atoms with Crippen molar-refractivity contribution in [2.75, 3.05) is 36.4 Å². The molecule has 0 bridgehead atoms. The van der Waals surface area contributed by atoms with Crippen molar-refractivity contribution in [2.24, 2.45) is 0 Å². The van der Waals surface area contributed by atoms with Crippen LogP contribution < -0.4 is 10.2 Å². The first-order valence-corrected chi connectivity index (χ1v) is 10.1. The molecule has 0 saturated carbocycles. The highest BCUT2D eigenvalue weighted by Crippen LogP contribution is 2.18. The van der Waals surface area contributed by atoms with Gasteiger partial charge in [-0.3, -0.25) is 14.7 Å². The minimum Gasteiger partial charge on any atom is -0.355 e. The maximum atomic E-state index is 13.8. The molecule has 0 unspecified atom stereocenters. The molecular weight excluding hydrogens is 381 g/mol. The van der Waals surface area contributed by atoms with Gasteiger partial charge < -0.3 is 10.2 Å². The third-order valence-corrected chi connectivity index (χ3v) is 5.15. The van der Waals surface area contributed by atoms with Crippen LogP contribution in [0.5, 0.6) is 0 Å². The van der Waals surface area contributed by atoms with E-state index >= 15 is 0 Å². The van der Waals surface area contributed by atoms with Gasteiger partial charge in [0.1, 0.15) is 11.6 Å². The van der Waals surface area contributed by atoms with Crippen LogP contribution in [0.1, 0.15) is 22.5 Å². The Kier molecular flexibility index (Phi) is 6.29. The fourth-order valence-corrected chi connectivity index (χ4v) is 3.57. The maximum Gasteiger partial charge on any atom is 0.258 e.